The number of hydrogen-bond acceptors (Lipinski definition) is 0. The van der Waals surface area contributed by atoms with Gasteiger partial charge in [-0.15, -0.1) is 12.7 Å². The predicted molar refractivity (Wildman–Crippen MR) is 33.8 cm³/mol. The van der Waals surface area contributed by atoms with Crippen LogP contribution < -0.4 is 51.4 Å². The Morgan fingerprint density at radius 2 is 1.88 bits per heavy atom. The van der Waals surface area contributed by atoms with Crippen molar-refractivity contribution in [2.24, 2.45) is 0 Å². The Balaban J connectivity index is 0. The van der Waals surface area contributed by atoms with Crippen LogP contribution in [0.4, 0.5) is 0 Å². The molecule has 0 saturated heterocycles. The van der Waals surface area contributed by atoms with Crippen molar-refractivity contribution < 1.29 is 51.4 Å². The number of rotatable bonds is 2. The van der Waals surface area contributed by atoms with Crippen molar-refractivity contribution in [3.63, 3.8) is 0 Å². The number of hydrogen-bond donors (Lipinski definition) is 0. The Bertz CT molecular complexity index is 101. The second kappa shape index (κ2) is 7.73. The van der Waals surface area contributed by atoms with Gasteiger partial charge in [0.25, 0.3) is 0 Å². The van der Waals surface area contributed by atoms with Crippen LogP contribution >= 0.6 is 0 Å². The molecule has 8 heavy (non-hydrogen) atoms. The minimum atomic E-state index is 0. The van der Waals surface area contributed by atoms with E-state index < -0.39 is 0 Å². The summed E-state index contributed by atoms with van der Waals surface area (Å²) in [4.78, 5) is 0. The molecule has 0 amide bonds. The zero-order valence-electron chi connectivity index (χ0n) is 5.35. The molecule has 0 aliphatic heterocycles. The van der Waals surface area contributed by atoms with Crippen LogP contribution in [0.25, 0.3) is 0 Å². The van der Waals surface area contributed by atoms with Crippen molar-refractivity contribution in [3.8, 4) is 0 Å². The first-order chi connectivity index (χ1) is 3.31. The molecule has 0 rings (SSSR count). The van der Waals surface area contributed by atoms with Crippen LogP contribution in [0.15, 0.2) is 37.0 Å². The van der Waals surface area contributed by atoms with Gasteiger partial charge in [0.15, 0.2) is 0 Å². The predicted octanol–water partition coefficient (Wildman–Crippen LogP) is -0.877. The van der Waals surface area contributed by atoms with Crippen LogP contribution in [0.1, 0.15) is 0 Å². The van der Waals surface area contributed by atoms with Gasteiger partial charge in [-0.25, -0.2) is 0 Å². The molecule has 0 N–H and O–H groups in total. The van der Waals surface area contributed by atoms with Crippen LogP contribution in [-0.4, -0.2) is 0 Å². The monoisotopic (exact) mass is 132 g/mol. The fourth-order valence-electron chi connectivity index (χ4n) is 0.219. The van der Waals surface area contributed by atoms with Crippen molar-refractivity contribution in [1.82, 2.24) is 0 Å². The molecule has 0 fully saturated rings. The van der Waals surface area contributed by atoms with Gasteiger partial charge in [0, 0.05) is 0 Å². The summed E-state index contributed by atoms with van der Waals surface area (Å²) in [7, 11) is 0. The van der Waals surface area contributed by atoms with Crippen molar-refractivity contribution >= 4 is 0 Å². The minimum Gasteiger partial charge on any atom is -0.199 e. The fourth-order valence-corrected chi connectivity index (χ4v) is 0.219. The Morgan fingerprint density at radius 1 is 1.38 bits per heavy atom. The number of allylic oxidation sites excluding steroid dienone is 4. The molecule has 0 aromatic heterocycles. The largest absolute Gasteiger partial charge is 1.00 e. The summed E-state index contributed by atoms with van der Waals surface area (Å²) >= 11 is 0. The van der Waals surface area contributed by atoms with Gasteiger partial charge in [-0.2, -0.15) is 31.2 Å². The third kappa shape index (κ3) is 6.73. The molecule has 0 aromatic carbocycles. The Kier molecular flexibility index (Phi) is 11.1. The maximum Gasteiger partial charge on any atom is 1.00 e. The molecule has 0 atom stereocenters. The first-order valence-electron chi connectivity index (χ1n) is 2.08. The molecule has 0 unspecified atom stereocenters. The van der Waals surface area contributed by atoms with Gasteiger partial charge in [-0.05, 0) is 0 Å². The summed E-state index contributed by atoms with van der Waals surface area (Å²) in [5.41, 5.74) is 0.898. The topological polar surface area (TPSA) is 0 Å². The maximum absolute atomic E-state index is 3.62. The van der Waals surface area contributed by atoms with Crippen LogP contribution in [0.3, 0.4) is 0 Å². The summed E-state index contributed by atoms with van der Waals surface area (Å²) in [6.07, 6.45) is 5.17. The Morgan fingerprint density at radius 3 is 2.00 bits per heavy atom. The maximum atomic E-state index is 3.62. The average Bonchev–Trinajstić information content (AvgIpc) is 1.68. The summed E-state index contributed by atoms with van der Waals surface area (Å²) in [5, 5.41) is 0. The van der Waals surface area contributed by atoms with Crippen LogP contribution in [0.2, 0.25) is 0 Å². The Labute approximate surface area is 93.8 Å². The molecule has 0 spiro atoms. The molecule has 0 aliphatic rings. The molecule has 0 saturated carbocycles. The van der Waals surface area contributed by atoms with E-state index in [1.165, 1.54) is 0 Å². The first-order valence-corrected chi connectivity index (χ1v) is 2.08. The normalized spacial score (nSPS) is 9.25. The molecular weight excluding hydrogens is 123 g/mol. The van der Waals surface area contributed by atoms with Gasteiger partial charge in [0.2, 0.25) is 0 Å². The quantitative estimate of drug-likeness (QED) is 0.260. The molecule has 0 aliphatic carbocycles. The van der Waals surface area contributed by atoms with E-state index in [9.17, 15) is 0 Å². The smallest absolute Gasteiger partial charge is 0.199 e. The van der Waals surface area contributed by atoms with Crippen LogP contribution in [0.5, 0.6) is 0 Å². The van der Waals surface area contributed by atoms with Gasteiger partial charge in [-0.1, -0.05) is 0 Å². The van der Waals surface area contributed by atoms with E-state index in [2.05, 4.69) is 20.1 Å². The van der Waals surface area contributed by atoms with Crippen molar-refractivity contribution in [2.45, 2.75) is 0 Å². The van der Waals surface area contributed by atoms with E-state index in [4.69, 9.17) is 0 Å². The summed E-state index contributed by atoms with van der Waals surface area (Å²) < 4.78 is 0. The zero-order chi connectivity index (χ0) is 5.70. The van der Waals surface area contributed by atoms with Gasteiger partial charge in [0.05, 0.1) is 0 Å². The van der Waals surface area contributed by atoms with E-state index in [1.807, 2.05) is 0 Å². The molecule has 1 heteroatoms. The van der Waals surface area contributed by atoms with Gasteiger partial charge in [0.1, 0.15) is 0 Å². The summed E-state index contributed by atoms with van der Waals surface area (Å²) in [6.45, 7) is 10.6. The zero-order valence-corrected chi connectivity index (χ0v) is 8.48. The standard InChI is InChI=1S/C7H9.K/c1-4-6-7(3)5-2;/h4-6H,1-3H2;/q-1;+1/b7-6-;. The third-order valence-electron chi connectivity index (χ3n) is 0.594. The molecule has 0 nitrogen and oxygen atoms in total. The van der Waals surface area contributed by atoms with Gasteiger partial charge < -0.3 is 0 Å². The summed E-state index contributed by atoms with van der Waals surface area (Å²) in [6, 6.07) is 0. The van der Waals surface area contributed by atoms with E-state index in [-0.39, 0.29) is 51.4 Å². The third-order valence-corrected chi connectivity index (χ3v) is 0.594. The van der Waals surface area contributed by atoms with E-state index >= 15 is 0 Å². The van der Waals surface area contributed by atoms with Gasteiger partial charge >= 0.3 is 51.4 Å². The molecule has 0 aromatic rings. The average molecular weight is 132 g/mol. The van der Waals surface area contributed by atoms with E-state index in [0.717, 1.165) is 5.57 Å². The Hall–Kier alpha value is 0.726. The molecular formula is C7H9K. The molecule has 0 heterocycles. The molecule has 38 valence electrons. The van der Waals surface area contributed by atoms with E-state index in [0.29, 0.717) is 0 Å². The molecule has 0 bridgehead atoms. The van der Waals surface area contributed by atoms with Crippen LogP contribution in [-0.2, 0) is 0 Å². The summed E-state index contributed by atoms with van der Waals surface area (Å²) in [5.74, 6) is 0. The second-order valence-corrected chi connectivity index (χ2v) is 1.18. The SMILES string of the molecule is C=C/C=C(/[CH2-])C=C.[K+]. The first kappa shape index (κ1) is 11.5. The van der Waals surface area contributed by atoms with Crippen molar-refractivity contribution in [1.29, 1.82) is 0 Å². The van der Waals surface area contributed by atoms with Crippen molar-refractivity contribution in [2.75, 3.05) is 0 Å². The minimum absolute atomic E-state index is 0. The van der Waals surface area contributed by atoms with E-state index in [1.54, 1.807) is 18.2 Å². The second-order valence-electron chi connectivity index (χ2n) is 1.18. The molecule has 0 radical (unpaired) electrons. The van der Waals surface area contributed by atoms with Crippen molar-refractivity contribution in [3.05, 3.63) is 43.9 Å². The van der Waals surface area contributed by atoms with Gasteiger partial charge in [-0.3, -0.25) is 0 Å². The van der Waals surface area contributed by atoms with Crippen LogP contribution in [0, 0.1) is 6.92 Å². The fraction of sp³-hybridized carbons (Fsp3) is 0.